The van der Waals surface area contributed by atoms with Gasteiger partial charge in [0.25, 0.3) is 0 Å². The van der Waals surface area contributed by atoms with E-state index in [1.165, 1.54) is 5.56 Å². The Morgan fingerprint density at radius 1 is 1.12 bits per heavy atom. The minimum absolute atomic E-state index is 0.173. The van der Waals surface area contributed by atoms with Gasteiger partial charge in [-0.05, 0) is 78.4 Å². The number of halogens is 1. The Hall–Kier alpha value is -3.12. The number of rotatable bonds is 6. The largest absolute Gasteiger partial charge is 0.325 e. The van der Waals surface area contributed by atoms with Crippen LogP contribution in [0.1, 0.15) is 56.9 Å². The van der Waals surface area contributed by atoms with Crippen molar-refractivity contribution in [2.75, 3.05) is 18.4 Å². The summed E-state index contributed by atoms with van der Waals surface area (Å²) < 4.78 is 15.0. The lowest BCUT2D eigenvalue weighted by molar-refractivity contribution is 0.266. The van der Waals surface area contributed by atoms with Gasteiger partial charge in [-0.1, -0.05) is 26.8 Å². The van der Waals surface area contributed by atoms with Crippen molar-refractivity contribution in [1.82, 2.24) is 14.9 Å². The molecule has 1 N–H and O–H groups in total. The van der Waals surface area contributed by atoms with Gasteiger partial charge in [-0.3, -0.25) is 9.89 Å². The van der Waals surface area contributed by atoms with Crippen LogP contribution in [-0.2, 0) is 13.0 Å². The van der Waals surface area contributed by atoms with Crippen molar-refractivity contribution in [3.63, 3.8) is 0 Å². The molecule has 3 aromatic rings. The first-order valence-corrected chi connectivity index (χ1v) is 12.2. The maximum Gasteiger partial charge on any atom is 0.149 e. The van der Waals surface area contributed by atoms with E-state index in [9.17, 15) is 0 Å². The van der Waals surface area contributed by atoms with E-state index in [1.54, 1.807) is 12.3 Å². The van der Waals surface area contributed by atoms with Gasteiger partial charge in [0, 0.05) is 43.0 Å². The molecule has 34 heavy (non-hydrogen) atoms. The molecule has 2 aromatic heterocycles. The molecule has 1 unspecified atom stereocenters. The van der Waals surface area contributed by atoms with Crippen LogP contribution in [0.5, 0.6) is 0 Å². The van der Waals surface area contributed by atoms with E-state index in [4.69, 9.17) is 4.98 Å². The lowest BCUT2D eigenvalue weighted by Gasteiger charge is -2.27. The van der Waals surface area contributed by atoms with Gasteiger partial charge in [0.05, 0.1) is 0 Å². The Morgan fingerprint density at radius 2 is 1.97 bits per heavy atom. The highest BCUT2D eigenvalue weighted by Gasteiger charge is 2.28. The van der Waals surface area contributed by atoms with Gasteiger partial charge in [0.2, 0.25) is 0 Å². The van der Waals surface area contributed by atoms with Crippen molar-refractivity contribution >= 4 is 23.0 Å². The fourth-order valence-corrected chi connectivity index (χ4v) is 5.04. The zero-order valence-electron chi connectivity index (χ0n) is 20.4. The molecule has 0 radical (unpaired) electrons. The van der Waals surface area contributed by atoms with Crippen molar-refractivity contribution in [3.05, 3.63) is 65.2 Å². The molecule has 176 valence electrons. The summed E-state index contributed by atoms with van der Waals surface area (Å²) in [6.45, 7) is 11.6. The molecule has 0 saturated heterocycles. The number of hydrogen-bond donors (Lipinski definition) is 1. The molecule has 0 saturated carbocycles. The van der Waals surface area contributed by atoms with Crippen molar-refractivity contribution in [2.24, 2.45) is 10.9 Å². The van der Waals surface area contributed by atoms with E-state index in [0.717, 1.165) is 66.4 Å². The molecule has 2 aliphatic rings. The summed E-state index contributed by atoms with van der Waals surface area (Å²) in [4.78, 5) is 16.3. The molecule has 0 bridgehead atoms. The van der Waals surface area contributed by atoms with Crippen LogP contribution in [0.2, 0.25) is 0 Å². The average molecular weight is 458 g/mol. The second kappa shape index (κ2) is 9.26. The smallest absolute Gasteiger partial charge is 0.149 e. The first kappa shape index (κ1) is 22.7. The molecule has 5 rings (SSSR count). The van der Waals surface area contributed by atoms with Gasteiger partial charge < -0.3 is 5.32 Å². The summed E-state index contributed by atoms with van der Waals surface area (Å²) in [5.74, 6) is 1.91. The molecular weight excluding hydrogens is 425 g/mol. The molecule has 5 nitrogen and oxygen atoms in total. The van der Waals surface area contributed by atoms with Gasteiger partial charge in [-0.15, -0.1) is 0 Å². The maximum absolute atomic E-state index is 15.0. The Bertz CT molecular complexity index is 1250. The van der Waals surface area contributed by atoms with Crippen molar-refractivity contribution in [2.45, 2.75) is 53.0 Å². The van der Waals surface area contributed by atoms with Crippen molar-refractivity contribution < 1.29 is 4.39 Å². The molecule has 0 aliphatic carbocycles. The van der Waals surface area contributed by atoms with Gasteiger partial charge in [-0.25, -0.2) is 14.4 Å². The predicted molar refractivity (Wildman–Crippen MR) is 137 cm³/mol. The van der Waals surface area contributed by atoms with Crippen molar-refractivity contribution in [1.29, 1.82) is 0 Å². The second-order valence-electron chi connectivity index (χ2n) is 9.81. The van der Waals surface area contributed by atoms with E-state index in [0.29, 0.717) is 17.4 Å². The Kier molecular flexibility index (Phi) is 6.17. The van der Waals surface area contributed by atoms with Gasteiger partial charge in [0.15, 0.2) is 0 Å². The Balaban J connectivity index is 1.40. The third kappa shape index (κ3) is 4.47. The van der Waals surface area contributed by atoms with Crippen LogP contribution in [0.25, 0.3) is 11.1 Å². The highest BCUT2D eigenvalue weighted by Crippen LogP contribution is 2.43. The van der Waals surface area contributed by atoms with Crippen LogP contribution < -0.4 is 5.32 Å². The molecule has 0 amide bonds. The summed E-state index contributed by atoms with van der Waals surface area (Å²) in [6, 6.07) is 11.7. The number of pyridine rings is 2. The molecule has 1 atom stereocenters. The standard InChI is InChI=1S/C28H32FN5/c1-5-34-11-9-25-20(16-34)6-7-26(32-25)33-27-15-19(8-10-30-27)21-13-23-22(12-17(2)3)18(4)31-28(23)24(29)14-21/h6-8,10,13-15,17,22H,5,9,11-12,16H2,1-4H3,(H,30,32,33). The van der Waals surface area contributed by atoms with Crippen LogP contribution >= 0.6 is 0 Å². The molecule has 4 heterocycles. The quantitative estimate of drug-likeness (QED) is 0.451. The summed E-state index contributed by atoms with van der Waals surface area (Å²) in [5, 5.41) is 3.35. The minimum Gasteiger partial charge on any atom is -0.325 e. The first-order valence-electron chi connectivity index (χ1n) is 12.2. The molecule has 0 spiro atoms. The Labute approximate surface area is 201 Å². The minimum atomic E-state index is -0.262. The van der Waals surface area contributed by atoms with E-state index in [2.05, 4.69) is 53.1 Å². The van der Waals surface area contributed by atoms with Crippen LogP contribution in [0.15, 0.2) is 47.6 Å². The molecule has 6 heteroatoms. The summed E-state index contributed by atoms with van der Waals surface area (Å²) in [7, 11) is 0. The number of nitrogens with one attached hydrogen (secondary N) is 1. The summed E-state index contributed by atoms with van der Waals surface area (Å²) in [5.41, 5.74) is 6.70. The van der Waals surface area contributed by atoms with Crippen LogP contribution in [-0.4, -0.2) is 33.7 Å². The van der Waals surface area contributed by atoms with Crippen LogP contribution in [0.4, 0.5) is 21.7 Å². The van der Waals surface area contributed by atoms with Crippen LogP contribution in [0, 0.1) is 11.7 Å². The summed E-state index contributed by atoms with van der Waals surface area (Å²) in [6.07, 6.45) is 3.68. The number of hydrogen-bond acceptors (Lipinski definition) is 5. The van der Waals surface area contributed by atoms with E-state index in [1.807, 2.05) is 25.1 Å². The third-order valence-electron chi connectivity index (χ3n) is 6.89. The number of anilines is 2. The lowest BCUT2D eigenvalue weighted by Crippen LogP contribution is -2.30. The van der Waals surface area contributed by atoms with E-state index >= 15 is 4.39 Å². The highest BCUT2D eigenvalue weighted by atomic mass is 19.1. The zero-order chi connectivity index (χ0) is 23.8. The fraction of sp³-hybridized carbons (Fsp3) is 0.393. The highest BCUT2D eigenvalue weighted by molar-refractivity contribution is 5.97. The SMILES string of the molecule is CCN1CCc2nc(Nc3cc(-c4cc(F)c5c(c4)C(CC(C)C)C(C)=N5)ccn3)ccc2C1. The molecule has 0 fully saturated rings. The summed E-state index contributed by atoms with van der Waals surface area (Å²) >= 11 is 0. The number of likely N-dealkylation sites (N-methyl/N-ethyl adjacent to an activating group) is 1. The Morgan fingerprint density at radius 3 is 2.76 bits per heavy atom. The van der Waals surface area contributed by atoms with Crippen LogP contribution in [0.3, 0.4) is 0 Å². The predicted octanol–water partition coefficient (Wildman–Crippen LogP) is 6.64. The maximum atomic E-state index is 15.0. The van der Waals surface area contributed by atoms with E-state index in [-0.39, 0.29) is 11.7 Å². The van der Waals surface area contributed by atoms with Gasteiger partial charge >= 0.3 is 0 Å². The first-order chi connectivity index (χ1) is 16.4. The van der Waals surface area contributed by atoms with Gasteiger partial charge in [-0.2, -0.15) is 0 Å². The number of aromatic nitrogens is 2. The van der Waals surface area contributed by atoms with Crippen molar-refractivity contribution in [3.8, 4) is 11.1 Å². The number of aliphatic imine (C=N–C) groups is 1. The average Bonchev–Trinajstić information content (AvgIpc) is 3.14. The zero-order valence-corrected chi connectivity index (χ0v) is 20.4. The number of fused-ring (bicyclic) bond motifs is 2. The number of nitrogens with zero attached hydrogens (tertiary/aromatic N) is 4. The molecule has 2 aliphatic heterocycles. The topological polar surface area (TPSA) is 53.4 Å². The van der Waals surface area contributed by atoms with Gasteiger partial charge in [0.1, 0.15) is 23.1 Å². The normalized spacial score (nSPS) is 17.5. The fourth-order valence-electron chi connectivity index (χ4n) is 5.04. The molecule has 1 aromatic carbocycles. The second-order valence-corrected chi connectivity index (χ2v) is 9.81. The monoisotopic (exact) mass is 457 g/mol. The number of benzene rings is 1. The third-order valence-corrected chi connectivity index (χ3v) is 6.89. The van der Waals surface area contributed by atoms with E-state index < -0.39 is 0 Å². The lowest BCUT2D eigenvalue weighted by atomic mass is 9.87. The molecular formula is C28H32FN5.